The number of rotatable bonds is 3. The molecule has 0 saturated carbocycles. The topological polar surface area (TPSA) is 47.2 Å². The summed E-state index contributed by atoms with van der Waals surface area (Å²) in [4.78, 5) is 4.56. The van der Waals surface area contributed by atoms with Crippen LogP contribution in [0.5, 0.6) is 0 Å². The number of aromatic nitrogens is 4. The summed E-state index contributed by atoms with van der Waals surface area (Å²) in [5.74, 6) is 0. The zero-order valence-corrected chi connectivity index (χ0v) is 11.4. The van der Waals surface area contributed by atoms with E-state index in [-0.39, 0.29) is 0 Å². The zero-order valence-electron chi connectivity index (χ0n) is 11.4. The smallest absolute Gasteiger partial charge is 0.137 e. The maximum Gasteiger partial charge on any atom is 0.137 e. The predicted molar refractivity (Wildman–Crippen MR) is 75.2 cm³/mol. The standard InChI is InChI=1S/C14H17N5/c1-10-12(9-18(3)17-10)15-8-13-11(2)16-14-6-4-5-7-19(13)14/h4-7,9,15H,8H2,1-3H3. The molecule has 0 spiro atoms. The highest BCUT2D eigenvalue weighted by atomic mass is 15.3. The minimum absolute atomic E-state index is 0.740. The summed E-state index contributed by atoms with van der Waals surface area (Å²) in [7, 11) is 1.93. The number of imidazole rings is 1. The molecule has 0 unspecified atom stereocenters. The first-order chi connectivity index (χ1) is 9.15. The van der Waals surface area contributed by atoms with Crippen molar-refractivity contribution >= 4 is 11.3 Å². The Morgan fingerprint density at radius 3 is 2.79 bits per heavy atom. The van der Waals surface area contributed by atoms with Crippen molar-refractivity contribution in [1.82, 2.24) is 19.2 Å². The first-order valence-electron chi connectivity index (χ1n) is 6.32. The lowest BCUT2D eigenvalue weighted by Gasteiger charge is -2.06. The lowest BCUT2D eigenvalue weighted by atomic mass is 10.3. The van der Waals surface area contributed by atoms with E-state index < -0.39 is 0 Å². The highest BCUT2D eigenvalue weighted by molar-refractivity contribution is 5.48. The first kappa shape index (κ1) is 11.8. The maximum atomic E-state index is 4.56. The van der Waals surface area contributed by atoms with Crippen molar-refractivity contribution in [3.63, 3.8) is 0 Å². The lowest BCUT2D eigenvalue weighted by Crippen LogP contribution is -2.04. The van der Waals surface area contributed by atoms with Gasteiger partial charge in [-0.25, -0.2) is 4.98 Å². The Balaban J connectivity index is 1.89. The van der Waals surface area contributed by atoms with Crippen LogP contribution >= 0.6 is 0 Å². The number of aryl methyl sites for hydroxylation is 3. The summed E-state index contributed by atoms with van der Waals surface area (Å²) < 4.78 is 3.94. The van der Waals surface area contributed by atoms with Crippen LogP contribution in [-0.4, -0.2) is 19.2 Å². The van der Waals surface area contributed by atoms with Crippen LogP contribution in [0.25, 0.3) is 5.65 Å². The van der Waals surface area contributed by atoms with Gasteiger partial charge in [-0.3, -0.25) is 4.68 Å². The van der Waals surface area contributed by atoms with Crippen molar-refractivity contribution in [2.24, 2.45) is 7.05 Å². The molecule has 98 valence electrons. The maximum absolute atomic E-state index is 4.56. The van der Waals surface area contributed by atoms with E-state index in [4.69, 9.17) is 0 Å². The van der Waals surface area contributed by atoms with E-state index in [2.05, 4.69) is 19.8 Å². The van der Waals surface area contributed by atoms with Gasteiger partial charge < -0.3 is 9.72 Å². The van der Waals surface area contributed by atoms with E-state index in [1.54, 1.807) is 0 Å². The summed E-state index contributed by atoms with van der Waals surface area (Å²) >= 11 is 0. The average Bonchev–Trinajstić information content (AvgIpc) is 2.86. The number of nitrogens with one attached hydrogen (secondary N) is 1. The van der Waals surface area contributed by atoms with Crippen LogP contribution in [0.15, 0.2) is 30.6 Å². The normalized spacial score (nSPS) is 11.1. The van der Waals surface area contributed by atoms with E-state index in [9.17, 15) is 0 Å². The predicted octanol–water partition coefficient (Wildman–Crippen LogP) is 2.30. The van der Waals surface area contributed by atoms with Gasteiger partial charge in [0.25, 0.3) is 0 Å². The Morgan fingerprint density at radius 2 is 2.05 bits per heavy atom. The van der Waals surface area contributed by atoms with Crippen molar-refractivity contribution in [3.05, 3.63) is 47.7 Å². The molecule has 1 N–H and O–H groups in total. The van der Waals surface area contributed by atoms with Gasteiger partial charge in [0.1, 0.15) is 5.65 Å². The quantitative estimate of drug-likeness (QED) is 0.781. The molecule has 0 saturated heterocycles. The lowest BCUT2D eigenvalue weighted by molar-refractivity contribution is 0.756. The Hall–Kier alpha value is -2.30. The van der Waals surface area contributed by atoms with Crippen LogP contribution < -0.4 is 5.32 Å². The molecule has 19 heavy (non-hydrogen) atoms. The van der Waals surface area contributed by atoms with Crippen LogP contribution in [0.2, 0.25) is 0 Å². The van der Waals surface area contributed by atoms with E-state index >= 15 is 0 Å². The SMILES string of the molecule is Cc1nn(C)cc1NCc1c(C)nc2ccccn12. The number of hydrogen-bond donors (Lipinski definition) is 1. The molecular formula is C14H17N5. The Bertz CT molecular complexity index is 723. The van der Waals surface area contributed by atoms with E-state index in [0.29, 0.717) is 0 Å². The van der Waals surface area contributed by atoms with Crippen molar-refractivity contribution in [3.8, 4) is 0 Å². The van der Waals surface area contributed by atoms with Crippen LogP contribution in [0, 0.1) is 13.8 Å². The van der Waals surface area contributed by atoms with Crippen LogP contribution in [-0.2, 0) is 13.6 Å². The summed E-state index contributed by atoms with van der Waals surface area (Å²) in [6, 6.07) is 6.04. The van der Waals surface area contributed by atoms with Gasteiger partial charge in [-0.1, -0.05) is 6.07 Å². The van der Waals surface area contributed by atoms with E-state index in [0.717, 1.165) is 29.3 Å². The van der Waals surface area contributed by atoms with Gasteiger partial charge in [0, 0.05) is 19.4 Å². The third kappa shape index (κ3) is 2.07. The number of anilines is 1. The molecular weight excluding hydrogens is 238 g/mol. The van der Waals surface area contributed by atoms with Gasteiger partial charge in [-0.15, -0.1) is 0 Å². The van der Waals surface area contributed by atoms with Crippen molar-refractivity contribution in [1.29, 1.82) is 0 Å². The molecule has 3 rings (SSSR count). The summed E-state index contributed by atoms with van der Waals surface area (Å²) in [5.41, 5.74) is 5.29. The summed E-state index contributed by atoms with van der Waals surface area (Å²) in [6.45, 7) is 4.79. The van der Waals surface area contributed by atoms with Crippen molar-refractivity contribution in [2.75, 3.05) is 5.32 Å². The van der Waals surface area contributed by atoms with E-state index in [1.807, 2.05) is 56.2 Å². The molecule has 0 radical (unpaired) electrons. The van der Waals surface area contributed by atoms with Gasteiger partial charge in [0.2, 0.25) is 0 Å². The second-order valence-electron chi connectivity index (χ2n) is 4.73. The number of nitrogens with zero attached hydrogens (tertiary/aromatic N) is 4. The molecule has 3 aromatic rings. The Morgan fingerprint density at radius 1 is 1.21 bits per heavy atom. The van der Waals surface area contributed by atoms with Crippen molar-refractivity contribution < 1.29 is 0 Å². The largest absolute Gasteiger partial charge is 0.377 e. The molecule has 3 aromatic heterocycles. The molecule has 0 aromatic carbocycles. The second-order valence-corrected chi connectivity index (χ2v) is 4.73. The third-order valence-electron chi connectivity index (χ3n) is 3.29. The van der Waals surface area contributed by atoms with Gasteiger partial charge >= 0.3 is 0 Å². The minimum Gasteiger partial charge on any atom is -0.377 e. The van der Waals surface area contributed by atoms with Gasteiger partial charge in [-0.05, 0) is 26.0 Å². The number of pyridine rings is 1. The van der Waals surface area contributed by atoms with Crippen LogP contribution in [0.4, 0.5) is 5.69 Å². The first-order valence-corrected chi connectivity index (χ1v) is 6.32. The Labute approximate surface area is 111 Å². The Kier molecular flexibility index (Phi) is 2.74. The molecule has 5 nitrogen and oxygen atoms in total. The molecule has 0 atom stereocenters. The molecule has 0 fully saturated rings. The fourth-order valence-electron chi connectivity index (χ4n) is 2.33. The third-order valence-corrected chi connectivity index (χ3v) is 3.29. The molecule has 0 bridgehead atoms. The molecule has 5 heteroatoms. The summed E-state index contributed by atoms with van der Waals surface area (Å²) in [5, 5.41) is 7.75. The highest BCUT2D eigenvalue weighted by Gasteiger charge is 2.09. The van der Waals surface area contributed by atoms with Gasteiger partial charge in [-0.2, -0.15) is 5.10 Å². The highest BCUT2D eigenvalue weighted by Crippen LogP contribution is 2.16. The molecule has 0 aliphatic heterocycles. The second kappa shape index (κ2) is 4.42. The minimum atomic E-state index is 0.740. The number of fused-ring (bicyclic) bond motifs is 1. The zero-order chi connectivity index (χ0) is 13.4. The molecule has 0 aliphatic rings. The molecule has 0 amide bonds. The fraction of sp³-hybridized carbons (Fsp3) is 0.286. The van der Waals surface area contributed by atoms with Crippen LogP contribution in [0.3, 0.4) is 0 Å². The van der Waals surface area contributed by atoms with Gasteiger partial charge in [0.15, 0.2) is 0 Å². The fourth-order valence-corrected chi connectivity index (χ4v) is 2.33. The van der Waals surface area contributed by atoms with Crippen molar-refractivity contribution in [2.45, 2.75) is 20.4 Å². The number of hydrogen-bond acceptors (Lipinski definition) is 3. The summed E-state index contributed by atoms with van der Waals surface area (Å²) in [6.07, 6.45) is 4.04. The average molecular weight is 255 g/mol. The molecule has 3 heterocycles. The van der Waals surface area contributed by atoms with Gasteiger partial charge in [0.05, 0.1) is 29.3 Å². The monoisotopic (exact) mass is 255 g/mol. The van der Waals surface area contributed by atoms with E-state index in [1.165, 1.54) is 5.69 Å². The van der Waals surface area contributed by atoms with Crippen LogP contribution in [0.1, 0.15) is 17.1 Å². The molecule has 0 aliphatic carbocycles.